The number of hydrogen-bond acceptors (Lipinski definition) is 3. The minimum Gasteiger partial charge on any atom is -0.465 e. The van der Waals surface area contributed by atoms with Gasteiger partial charge in [0.1, 0.15) is 0 Å². The van der Waals surface area contributed by atoms with Crippen molar-refractivity contribution in [2.24, 2.45) is 0 Å². The molecule has 1 N–H and O–H groups in total. The molecule has 0 aromatic heterocycles. The Morgan fingerprint density at radius 3 is 2.93 bits per heavy atom. The van der Waals surface area contributed by atoms with Gasteiger partial charge in [0.05, 0.1) is 12.6 Å². The van der Waals surface area contributed by atoms with Crippen molar-refractivity contribution in [3.05, 3.63) is 12.2 Å². The summed E-state index contributed by atoms with van der Waals surface area (Å²) in [6.07, 6.45) is 3.56. The van der Waals surface area contributed by atoms with Gasteiger partial charge >= 0.3 is 12.1 Å². The van der Waals surface area contributed by atoms with Crippen molar-refractivity contribution < 1.29 is 19.4 Å². The number of likely N-dealkylation sites (tertiary alicyclic amines) is 1. The maximum Gasteiger partial charge on any atom is 0.407 e. The van der Waals surface area contributed by atoms with Gasteiger partial charge in [-0.05, 0) is 19.8 Å². The van der Waals surface area contributed by atoms with Crippen molar-refractivity contribution in [2.45, 2.75) is 25.8 Å². The number of carbonyl (C=O) groups excluding carboxylic acids is 1. The van der Waals surface area contributed by atoms with Gasteiger partial charge in [-0.3, -0.25) is 0 Å². The third-order valence-corrected chi connectivity index (χ3v) is 2.29. The Hall–Kier alpha value is -1.52. The molecule has 5 nitrogen and oxygen atoms in total. The van der Waals surface area contributed by atoms with Gasteiger partial charge in [0.25, 0.3) is 0 Å². The van der Waals surface area contributed by atoms with Gasteiger partial charge in [-0.25, -0.2) is 9.59 Å². The lowest BCUT2D eigenvalue weighted by atomic mass is 10.2. The summed E-state index contributed by atoms with van der Waals surface area (Å²) in [4.78, 5) is 23.1. The van der Waals surface area contributed by atoms with Crippen LogP contribution in [0, 0.1) is 0 Å². The average molecular weight is 213 g/mol. The molecule has 0 aromatic carbocycles. The van der Waals surface area contributed by atoms with E-state index >= 15 is 0 Å². The number of carboxylic acid groups (broad SMARTS) is 1. The third kappa shape index (κ3) is 3.27. The number of ether oxygens (including phenoxy) is 1. The highest BCUT2D eigenvalue weighted by atomic mass is 16.5. The predicted octanol–water partition coefficient (Wildman–Crippen LogP) is 1.25. The molecule has 1 atom stereocenters. The minimum atomic E-state index is -0.939. The van der Waals surface area contributed by atoms with Crippen LogP contribution in [0.2, 0.25) is 0 Å². The molecular formula is C10H15NO4. The molecule has 5 heteroatoms. The summed E-state index contributed by atoms with van der Waals surface area (Å²) in [5.41, 5.74) is 0. The molecule has 1 amide bonds. The molecule has 1 saturated heterocycles. The third-order valence-electron chi connectivity index (χ3n) is 2.29. The molecule has 1 aliphatic rings. The highest BCUT2D eigenvalue weighted by Gasteiger charge is 2.26. The Morgan fingerprint density at radius 2 is 2.33 bits per heavy atom. The normalized spacial score (nSPS) is 20.9. The van der Waals surface area contributed by atoms with Crippen LogP contribution in [0.4, 0.5) is 4.79 Å². The quantitative estimate of drug-likeness (QED) is 0.566. The topological polar surface area (TPSA) is 66.8 Å². The molecule has 0 spiro atoms. The Kier molecular flexibility index (Phi) is 4.15. The van der Waals surface area contributed by atoms with Gasteiger partial charge in [-0.1, -0.05) is 6.08 Å². The SMILES string of the molecule is CCOC(=O)C=CC1CCCN1C(=O)O. The fourth-order valence-corrected chi connectivity index (χ4v) is 1.61. The van der Waals surface area contributed by atoms with Crippen LogP contribution in [0.15, 0.2) is 12.2 Å². The summed E-state index contributed by atoms with van der Waals surface area (Å²) in [7, 11) is 0. The highest BCUT2D eigenvalue weighted by molar-refractivity contribution is 5.82. The zero-order chi connectivity index (χ0) is 11.3. The van der Waals surface area contributed by atoms with Crippen molar-refractivity contribution in [3.8, 4) is 0 Å². The second-order valence-corrected chi connectivity index (χ2v) is 3.30. The van der Waals surface area contributed by atoms with Gasteiger partial charge in [-0.2, -0.15) is 0 Å². The van der Waals surface area contributed by atoms with Crippen LogP contribution in [-0.4, -0.2) is 41.3 Å². The van der Waals surface area contributed by atoms with Gasteiger partial charge in [0.15, 0.2) is 0 Å². The fourth-order valence-electron chi connectivity index (χ4n) is 1.61. The number of amides is 1. The van der Waals surface area contributed by atoms with E-state index in [9.17, 15) is 9.59 Å². The maximum atomic E-state index is 11.0. The summed E-state index contributed by atoms with van der Waals surface area (Å²) in [5.74, 6) is -0.422. The van der Waals surface area contributed by atoms with Crippen LogP contribution in [0.25, 0.3) is 0 Å². The van der Waals surface area contributed by atoms with E-state index in [1.807, 2.05) is 0 Å². The second kappa shape index (κ2) is 5.38. The van der Waals surface area contributed by atoms with E-state index in [1.54, 1.807) is 13.0 Å². The van der Waals surface area contributed by atoms with Gasteiger partial charge in [0, 0.05) is 12.6 Å². The zero-order valence-corrected chi connectivity index (χ0v) is 8.68. The summed E-state index contributed by atoms with van der Waals surface area (Å²) < 4.78 is 4.71. The number of carbonyl (C=O) groups is 2. The lowest BCUT2D eigenvalue weighted by Gasteiger charge is -2.17. The molecule has 84 valence electrons. The smallest absolute Gasteiger partial charge is 0.407 e. The number of nitrogens with zero attached hydrogens (tertiary/aromatic N) is 1. The lowest BCUT2D eigenvalue weighted by Crippen LogP contribution is -2.32. The molecule has 1 aliphatic heterocycles. The molecule has 0 radical (unpaired) electrons. The molecule has 0 saturated carbocycles. The van der Waals surface area contributed by atoms with Crippen LogP contribution < -0.4 is 0 Å². The number of rotatable bonds is 3. The monoisotopic (exact) mass is 213 g/mol. The Balaban J connectivity index is 2.50. The van der Waals surface area contributed by atoms with E-state index in [2.05, 4.69) is 0 Å². The number of hydrogen-bond donors (Lipinski definition) is 1. The Morgan fingerprint density at radius 1 is 1.60 bits per heavy atom. The van der Waals surface area contributed by atoms with E-state index in [0.717, 1.165) is 12.8 Å². The molecule has 1 rings (SSSR count). The van der Waals surface area contributed by atoms with E-state index in [-0.39, 0.29) is 6.04 Å². The molecule has 1 heterocycles. The van der Waals surface area contributed by atoms with Crippen molar-refractivity contribution in [1.29, 1.82) is 0 Å². The van der Waals surface area contributed by atoms with Crippen molar-refractivity contribution >= 4 is 12.1 Å². The fraction of sp³-hybridized carbons (Fsp3) is 0.600. The first-order valence-corrected chi connectivity index (χ1v) is 4.99. The molecule has 1 fully saturated rings. The Labute approximate surface area is 88.3 Å². The summed E-state index contributed by atoms with van der Waals surface area (Å²) in [5, 5.41) is 8.83. The number of esters is 1. The standard InChI is InChI=1S/C10H15NO4/c1-2-15-9(12)6-5-8-4-3-7-11(8)10(13)14/h5-6,8H,2-4,7H2,1H3,(H,13,14). The van der Waals surface area contributed by atoms with Crippen molar-refractivity contribution in [3.63, 3.8) is 0 Å². The zero-order valence-electron chi connectivity index (χ0n) is 8.68. The average Bonchev–Trinajstić information content (AvgIpc) is 2.63. The van der Waals surface area contributed by atoms with Crippen LogP contribution >= 0.6 is 0 Å². The van der Waals surface area contributed by atoms with E-state index in [1.165, 1.54) is 11.0 Å². The largest absolute Gasteiger partial charge is 0.465 e. The summed E-state index contributed by atoms with van der Waals surface area (Å²) >= 11 is 0. The van der Waals surface area contributed by atoms with Gasteiger partial charge in [-0.15, -0.1) is 0 Å². The van der Waals surface area contributed by atoms with Crippen LogP contribution in [0.3, 0.4) is 0 Å². The van der Waals surface area contributed by atoms with E-state index < -0.39 is 12.1 Å². The molecule has 1 unspecified atom stereocenters. The molecule has 0 aliphatic carbocycles. The van der Waals surface area contributed by atoms with Crippen LogP contribution in [0.1, 0.15) is 19.8 Å². The first-order chi connectivity index (χ1) is 7.15. The van der Waals surface area contributed by atoms with Crippen LogP contribution in [0.5, 0.6) is 0 Å². The summed E-state index contributed by atoms with van der Waals surface area (Å²) in [6.45, 7) is 2.59. The minimum absolute atomic E-state index is 0.188. The first-order valence-electron chi connectivity index (χ1n) is 4.99. The molecule has 15 heavy (non-hydrogen) atoms. The second-order valence-electron chi connectivity index (χ2n) is 3.30. The van der Waals surface area contributed by atoms with Gasteiger partial charge < -0.3 is 14.7 Å². The first kappa shape index (κ1) is 11.6. The maximum absolute atomic E-state index is 11.0. The van der Waals surface area contributed by atoms with E-state index in [4.69, 9.17) is 9.84 Å². The predicted molar refractivity (Wildman–Crippen MR) is 53.5 cm³/mol. The summed E-state index contributed by atoms with van der Waals surface area (Å²) in [6, 6.07) is -0.188. The molecular weight excluding hydrogens is 198 g/mol. The highest BCUT2D eigenvalue weighted by Crippen LogP contribution is 2.18. The van der Waals surface area contributed by atoms with Crippen molar-refractivity contribution in [2.75, 3.05) is 13.2 Å². The van der Waals surface area contributed by atoms with Crippen molar-refractivity contribution in [1.82, 2.24) is 4.90 Å². The lowest BCUT2D eigenvalue weighted by molar-refractivity contribution is -0.137. The Bertz CT molecular complexity index is 275. The van der Waals surface area contributed by atoms with Crippen LogP contribution in [-0.2, 0) is 9.53 Å². The molecule has 0 bridgehead atoms. The van der Waals surface area contributed by atoms with E-state index in [0.29, 0.717) is 13.2 Å². The molecule has 0 aromatic rings. The van der Waals surface area contributed by atoms with Gasteiger partial charge in [0.2, 0.25) is 0 Å².